The molecule has 168 valence electrons. The molecule has 0 bridgehead atoms. The average molecular weight is 514 g/mol. The third-order valence-corrected chi connectivity index (χ3v) is 6.76. The summed E-state index contributed by atoms with van der Waals surface area (Å²) in [7, 11) is 0. The van der Waals surface area contributed by atoms with Crippen LogP contribution in [0.4, 0.5) is 0 Å². The van der Waals surface area contributed by atoms with Crippen molar-refractivity contribution in [1.29, 1.82) is 0 Å². The van der Waals surface area contributed by atoms with Crippen molar-refractivity contribution < 1.29 is 9.59 Å². The highest BCUT2D eigenvalue weighted by Crippen LogP contribution is 2.18. The number of amides is 2. The normalized spacial score (nSPS) is 11.7. The van der Waals surface area contributed by atoms with Gasteiger partial charge in [0.2, 0.25) is 5.91 Å². The van der Waals surface area contributed by atoms with E-state index >= 15 is 0 Å². The van der Waals surface area contributed by atoms with Gasteiger partial charge in [-0.1, -0.05) is 78.7 Å². The molecule has 0 fully saturated rings. The van der Waals surface area contributed by atoms with Gasteiger partial charge in [-0.3, -0.25) is 9.59 Å². The molecule has 3 aromatic rings. The van der Waals surface area contributed by atoms with Crippen LogP contribution in [-0.2, 0) is 17.9 Å². The standard InChI is InChI=1S/C26H29BrN2O2S/c1-3-20(2)16-29(26(31)22-11-7-12-23(27)15-22)19-25(30)28(18-24-13-8-14-32-24)17-21-9-5-4-6-10-21/h4-15,20H,3,16-19H2,1-2H3. The second-order valence-electron chi connectivity index (χ2n) is 8.02. The molecular formula is C26H29BrN2O2S. The Hall–Kier alpha value is -2.44. The molecule has 4 nitrogen and oxygen atoms in total. The van der Waals surface area contributed by atoms with Crippen molar-refractivity contribution in [1.82, 2.24) is 9.80 Å². The molecule has 0 aliphatic rings. The molecule has 6 heteroatoms. The summed E-state index contributed by atoms with van der Waals surface area (Å²) in [6.07, 6.45) is 0.944. The molecule has 0 spiro atoms. The first kappa shape index (κ1) is 24.2. The summed E-state index contributed by atoms with van der Waals surface area (Å²) < 4.78 is 0.849. The van der Waals surface area contributed by atoms with Gasteiger partial charge in [-0.2, -0.15) is 0 Å². The van der Waals surface area contributed by atoms with E-state index in [1.807, 2.05) is 70.9 Å². The second-order valence-corrected chi connectivity index (χ2v) is 9.97. The van der Waals surface area contributed by atoms with Gasteiger partial charge in [-0.25, -0.2) is 0 Å². The van der Waals surface area contributed by atoms with Gasteiger partial charge >= 0.3 is 0 Å². The van der Waals surface area contributed by atoms with Crippen molar-refractivity contribution >= 4 is 39.1 Å². The maximum absolute atomic E-state index is 13.5. The van der Waals surface area contributed by atoms with Crippen LogP contribution in [-0.4, -0.2) is 34.7 Å². The Morgan fingerprint density at radius 3 is 2.41 bits per heavy atom. The van der Waals surface area contributed by atoms with Crippen LogP contribution >= 0.6 is 27.3 Å². The fourth-order valence-electron chi connectivity index (χ4n) is 3.42. The number of thiophene rings is 1. The Morgan fingerprint density at radius 2 is 1.75 bits per heavy atom. The van der Waals surface area contributed by atoms with Crippen LogP contribution in [0.1, 0.15) is 41.1 Å². The molecule has 0 radical (unpaired) electrons. The Morgan fingerprint density at radius 1 is 0.969 bits per heavy atom. The Balaban J connectivity index is 1.81. The Kier molecular flexibility index (Phi) is 9.06. The van der Waals surface area contributed by atoms with Crippen molar-refractivity contribution in [3.05, 3.63) is 92.6 Å². The molecule has 1 unspecified atom stereocenters. The highest BCUT2D eigenvalue weighted by atomic mass is 79.9. The van der Waals surface area contributed by atoms with Gasteiger partial charge in [0, 0.05) is 28.0 Å². The summed E-state index contributed by atoms with van der Waals surface area (Å²) in [6.45, 7) is 5.87. The lowest BCUT2D eigenvalue weighted by molar-refractivity contribution is -0.133. The topological polar surface area (TPSA) is 40.6 Å². The number of nitrogens with zero attached hydrogens (tertiary/aromatic N) is 2. The summed E-state index contributed by atoms with van der Waals surface area (Å²) in [4.78, 5) is 31.5. The molecular weight excluding hydrogens is 484 g/mol. The monoisotopic (exact) mass is 512 g/mol. The van der Waals surface area contributed by atoms with Crippen molar-refractivity contribution in [3.63, 3.8) is 0 Å². The minimum Gasteiger partial charge on any atom is -0.332 e. The van der Waals surface area contributed by atoms with E-state index in [0.717, 1.165) is 21.3 Å². The van der Waals surface area contributed by atoms with Crippen LogP contribution in [0.5, 0.6) is 0 Å². The van der Waals surface area contributed by atoms with E-state index in [1.165, 1.54) is 0 Å². The van der Waals surface area contributed by atoms with Crippen molar-refractivity contribution in [2.75, 3.05) is 13.1 Å². The summed E-state index contributed by atoms with van der Waals surface area (Å²) in [5.74, 6) is 0.142. The van der Waals surface area contributed by atoms with Crippen LogP contribution < -0.4 is 0 Å². The SMILES string of the molecule is CCC(C)CN(CC(=O)N(Cc1ccccc1)Cc1cccs1)C(=O)c1cccc(Br)c1. The number of hydrogen-bond acceptors (Lipinski definition) is 3. The van der Waals surface area contributed by atoms with Gasteiger partial charge in [0.25, 0.3) is 5.91 Å². The average Bonchev–Trinajstić information content (AvgIpc) is 3.31. The molecule has 0 N–H and O–H groups in total. The molecule has 1 aromatic heterocycles. The molecule has 0 aliphatic heterocycles. The number of benzene rings is 2. The molecule has 0 saturated heterocycles. The Bertz CT molecular complexity index is 1010. The van der Waals surface area contributed by atoms with E-state index in [9.17, 15) is 9.59 Å². The van der Waals surface area contributed by atoms with Crippen LogP contribution in [0.2, 0.25) is 0 Å². The number of hydrogen-bond donors (Lipinski definition) is 0. The molecule has 2 aromatic carbocycles. The lowest BCUT2D eigenvalue weighted by atomic mass is 10.1. The number of carbonyl (C=O) groups is 2. The lowest BCUT2D eigenvalue weighted by Gasteiger charge is -2.29. The number of halogens is 1. The maximum atomic E-state index is 13.5. The van der Waals surface area contributed by atoms with Gasteiger partial charge < -0.3 is 9.80 Å². The molecule has 1 heterocycles. The van der Waals surface area contributed by atoms with Crippen LogP contribution in [0.25, 0.3) is 0 Å². The van der Waals surface area contributed by atoms with E-state index in [4.69, 9.17) is 0 Å². The van der Waals surface area contributed by atoms with Gasteiger partial charge in [-0.15, -0.1) is 11.3 Å². The third-order valence-electron chi connectivity index (χ3n) is 5.41. The summed E-state index contributed by atoms with van der Waals surface area (Å²) >= 11 is 5.08. The highest BCUT2D eigenvalue weighted by molar-refractivity contribution is 9.10. The van der Waals surface area contributed by atoms with E-state index in [0.29, 0.717) is 31.1 Å². The van der Waals surface area contributed by atoms with Crippen molar-refractivity contribution in [3.8, 4) is 0 Å². The highest BCUT2D eigenvalue weighted by Gasteiger charge is 2.24. The smallest absolute Gasteiger partial charge is 0.254 e. The van der Waals surface area contributed by atoms with Crippen LogP contribution in [0.15, 0.2) is 76.6 Å². The second kappa shape index (κ2) is 12.0. The van der Waals surface area contributed by atoms with Crippen molar-refractivity contribution in [2.24, 2.45) is 5.92 Å². The van der Waals surface area contributed by atoms with E-state index in [1.54, 1.807) is 22.3 Å². The molecule has 32 heavy (non-hydrogen) atoms. The minimum absolute atomic E-state index is 0.0473. The minimum atomic E-state index is -0.115. The first-order valence-electron chi connectivity index (χ1n) is 10.8. The Labute approximate surface area is 203 Å². The first-order chi connectivity index (χ1) is 15.5. The lowest BCUT2D eigenvalue weighted by Crippen LogP contribution is -2.44. The fraction of sp³-hybridized carbons (Fsp3) is 0.308. The number of rotatable bonds is 10. The first-order valence-corrected chi connectivity index (χ1v) is 12.5. The van der Waals surface area contributed by atoms with Gasteiger partial charge in [0.1, 0.15) is 6.54 Å². The van der Waals surface area contributed by atoms with Crippen LogP contribution in [0.3, 0.4) is 0 Å². The quantitative estimate of drug-likeness (QED) is 0.323. The summed E-state index contributed by atoms with van der Waals surface area (Å²) in [5, 5.41) is 2.02. The number of carbonyl (C=O) groups excluding carboxylic acids is 2. The van der Waals surface area contributed by atoms with Gasteiger partial charge in [0.05, 0.1) is 6.54 Å². The summed E-state index contributed by atoms with van der Waals surface area (Å²) in [6, 6.07) is 21.4. The molecule has 0 saturated carbocycles. The molecule has 0 aliphatic carbocycles. The van der Waals surface area contributed by atoms with E-state index in [2.05, 4.69) is 29.8 Å². The zero-order chi connectivity index (χ0) is 22.9. The zero-order valence-corrected chi connectivity index (χ0v) is 20.9. The molecule has 3 rings (SSSR count). The van der Waals surface area contributed by atoms with E-state index in [-0.39, 0.29) is 18.4 Å². The summed E-state index contributed by atoms with van der Waals surface area (Å²) in [5.41, 5.74) is 1.66. The van der Waals surface area contributed by atoms with Crippen LogP contribution in [0, 0.1) is 5.92 Å². The van der Waals surface area contributed by atoms with E-state index < -0.39 is 0 Å². The zero-order valence-electron chi connectivity index (χ0n) is 18.5. The van der Waals surface area contributed by atoms with Crippen molar-refractivity contribution in [2.45, 2.75) is 33.4 Å². The van der Waals surface area contributed by atoms with Gasteiger partial charge in [-0.05, 0) is 41.1 Å². The molecule has 2 amide bonds. The molecule has 1 atom stereocenters. The largest absolute Gasteiger partial charge is 0.332 e. The van der Waals surface area contributed by atoms with Gasteiger partial charge in [0.15, 0.2) is 0 Å². The third kappa shape index (κ3) is 7.04. The fourth-order valence-corrected chi connectivity index (χ4v) is 4.54. The maximum Gasteiger partial charge on any atom is 0.254 e. The predicted molar refractivity (Wildman–Crippen MR) is 135 cm³/mol. The predicted octanol–water partition coefficient (Wildman–Crippen LogP) is 6.23.